The van der Waals surface area contributed by atoms with Crippen LogP contribution in [0.2, 0.25) is 0 Å². The summed E-state index contributed by atoms with van der Waals surface area (Å²) in [6, 6.07) is 3.45. The van der Waals surface area contributed by atoms with Gasteiger partial charge >= 0.3 is 6.03 Å². The van der Waals surface area contributed by atoms with Gasteiger partial charge in [0.2, 0.25) is 0 Å². The minimum absolute atomic E-state index is 0.0321. The van der Waals surface area contributed by atoms with Crippen molar-refractivity contribution < 1.29 is 14.4 Å². The topological polar surface area (TPSA) is 73.0 Å². The third-order valence-corrected chi connectivity index (χ3v) is 7.21. The number of nitrogens with one attached hydrogen (secondary N) is 1. The molecule has 3 heterocycles. The highest BCUT2D eigenvalue weighted by Crippen LogP contribution is 2.46. The monoisotopic (exact) mass is 418 g/mol. The summed E-state index contributed by atoms with van der Waals surface area (Å²) < 4.78 is 0. The highest BCUT2D eigenvalue weighted by molar-refractivity contribution is 7.12. The Labute approximate surface area is 176 Å². The third kappa shape index (κ3) is 3.92. The summed E-state index contributed by atoms with van der Waals surface area (Å²) in [5.74, 6) is 0.376. The molecule has 1 spiro atoms. The van der Waals surface area contributed by atoms with Gasteiger partial charge in [-0.1, -0.05) is 26.8 Å². The summed E-state index contributed by atoms with van der Waals surface area (Å²) in [6.45, 7) is 9.33. The van der Waals surface area contributed by atoms with Crippen LogP contribution in [0.3, 0.4) is 0 Å². The maximum atomic E-state index is 13.3. The van der Waals surface area contributed by atoms with Crippen LogP contribution in [0.1, 0.15) is 49.7 Å². The van der Waals surface area contributed by atoms with Crippen LogP contribution in [0.4, 0.5) is 4.79 Å². The van der Waals surface area contributed by atoms with Gasteiger partial charge in [0.25, 0.3) is 11.8 Å². The van der Waals surface area contributed by atoms with Crippen LogP contribution in [0.15, 0.2) is 17.5 Å². The number of piperazine rings is 1. The van der Waals surface area contributed by atoms with E-state index in [1.54, 1.807) is 0 Å². The predicted molar refractivity (Wildman–Crippen MR) is 112 cm³/mol. The lowest BCUT2D eigenvalue weighted by Gasteiger charge is -2.44. The second kappa shape index (κ2) is 7.40. The molecule has 0 aromatic carbocycles. The minimum Gasteiger partial charge on any atom is -0.335 e. The van der Waals surface area contributed by atoms with E-state index in [0.29, 0.717) is 51.6 Å². The maximum absolute atomic E-state index is 13.3. The van der Waals surface area contributed by atoms with E-state index in [4.69, 9.17) is 0 Å². The number of imide groups is 1. The molecule has 1 aromatic heterocycles. The first-order valence-electron chi connectivity index (χ1n) is 10.4. The summed E-state index contributed by atoms with van der Waals surface area (Å²) in [7, 11) is 0. The summed E-state index contributed by atoms with van der Waals surface area (Å²) in [5, 5.41) is 4.94. The van der Waals surface area contributed by atoms with E-state index in [0.717, 1.165) is 11.3 Å². The minimum atomic E-state index is -0.755. The Bertz CT molecular complexity index is 801. The molecular weight excluding hydrogens is 388 g/mol. The number of thiophene rings is 1. The molecule has 0 radical (unpaired) electrons. The normalized spacial score (nSPS) is 30.1. The lowest BCUT2D eigenvalue weighted by molar-refractivity contribution is -0.136. The number of nitrogens with zero attached hydrogens (tertiary/aromatic N) is 3. The molecule has 0 unspecified atom stereocenters. The first kappa shape index (κ1) is 20.3. The smallest absolute Gasteiger partial charge is 0.326 e. The molecule has 1 aliphatic carbocycles. The number of hydrogen-bond donors (Lipinski definition) is 1. The number of hydrogen-bond acceptors (Lipinski definition) is 5. The number of urea groups is 1. The van der Waals surface area contributed by atoms with Gasteiger partial charge in [-0.15, -0.1) is 11.3 Å². The van der Waals surface area contributed by atoms with E-state index < -0.39 is 5.54 Å². The molecule has 4 rings (SSSR count). The molecule has 0 bridgehead atoms. The van der Waals surface area contributed by atoms with E-state index >= 15 is 0 Å². The fraction of sp³-hybridized carbons (Fsp3) is 0.667. The largest absolute Gasteiger partial charge is 0.335 e. The average Bonchev–Trinajstić information content (AvgIpc) is 3.24. The van der Waals surface area contributed by atoms with Crippen molar-refractivity contribution in [1.29, 1.82) is 0 Å². The van der Waals surface area contributed by atoms with Gasteiger partial charge in [-0.3, -0.25) is 14.5 Å². The molecule has 8 heteroatoms. The molecule has 3 fully saturated rings. The van der Waals surface area contributed by atoms with Gasteiger partial charge in [-0.2, -0.15) is 0 Å². The van der Waals surface area contributed by atoms with E-state index in [9.17, 15) is 14.4 Å². The van der Waals surface area contributed by atoms with Crippen molar-refractivity contribution in [2.45, 2.75) is 45.6 Å². The quantitative estimate of drug-likeness (QED) is 0.766. The molecule has 4 amide bonds. The van der Waals surface area contributed by atoms with Crippen molar-refractivity contribution in [3.8, 4) is 0 Å². The number of carbonyl (C=O) groups is 3. The average molecular weight is 419 g/mol. The first-order chi connectivity index (χ1) is 13.7. The van der Waals surface area contributed by atoms with Crippen LogP contribution in [-0.2, 0) is 4.79 Å². The Balaban J connectivity index is 1.37. The summed E-state index contributed by atoms with van der Waals surface area (Å²) in [6.07, 6.45) is 2.47. The van der Waals surface area contributed by atoms with Crippen LogP contribution >= 0.6 is 11.3 Å². The highest BCUT2D eigenvalue weighted by Gasteiger charge is 2.56. The molecule has 3 aliphatic rings. The van der Waals surface area contributed by atoms with Crippen LogP contribution < -0.4 is 5.32 Å². The molecule has 1 aromatic rings. The van der Waals surface area contributed by atoms with Gasteiger partial charge in [-0.25, -0.2) is 9.69 Å². The zero-order valence-corrected chi connectivity index (χ0v) is 18.3. The second-order valence-electron chi connectivity index (χ2n) is 9.63. The van der Waals surface area contributed by atoms with Crippen molar-refractivity contribution >= 4 is 29.2 Å². The van der Waals surface area contributed by atoms with Crippen molar-refractivity contribution in [3.63, 3.8) is 0 Å². The van der Waals surface area contributed by atoms with E-state index in [2.05, 4.69) is 31.0 Å². The Hall–Kier alpha value is -1.93. The summed E-state index contributed by atoms with van der Waals surface area (Å²) in [4.78, 5) is 44.5. The molecule has 2 atom stereocenters. The lowest BCUT2D eigenvalue weighted by atomic mass is 9.64. The molecule has 1 N–H and O–H groups in total. The summed E-state index contributed by atoms with van der Waals surface area (Å²) >= 11 is 1.45. The lowest BCUT2D eigenvalue weighted by Crippen LogP contribution is -2.55. The fourth-order valence-electron chi connectivity index (χ4n) is 5.48. The SMILES string of the molecule is C[C@H]1CC(C)(C)C[C@]2(C1)NC(=O)N(CN1CCN(C(=O)c3cccs3)CC1)C2=O. The highest BCUT2D eigenvalue weighted by atomic mass is 32.1. The second-order valence-corrected chi connectivity index (χ2v) is 10.6. The molecule has 2 saturated heterocycles. The van der Waals surface area contributed by atoms with Crippen LogP contribution in [0, 0.1) is 11.3 Å². The number of carbonyl (C=O) groups excluding carboxylic acids is 3. The Kier molecular flexibility index (Phi) is 5.19. The van der Waals surface area contributed by atoms with Crippen LogP contribution in [0.25, 0.3) is 0 Å². The summed E-state index contributed by atoms with van der Waals surface area (Å²) in [5.41, 5.74) is -0.723. The van der Waals surface area contributed by atoms with Crippen molar-refractivity contribution in [1.82, 2.24) is 20.0 Å². The molecule has 29 heavy (non-hydrogen) atoms. The van der Waals surface area contributed by atoms with E-state index in [1.165, 1.54) is 16.2 Å². The van der Waals surface area contributed by atoms with Crippen molar-refractivity contribution in [2.75, 3.05) is 32.8 Å². The molecule has 158 valence electrons. The Morgan fingerprint density at radius 2 is 1.93 bits per heavy atom. The van der Waals surface area contributed by atoms with E-state index in [-0.39, 0.29) is 23.3 Å². The molecular formula is C21H30N4O3S. The molecule has 7 nitrogen and oxygen atoms in total. The standard InChI is InChI=1S/C21H30N4O3S/c1-15-11-20(2,3)13-21(12-15)18(27)25(19(28)22-21)14-23-6-8-24(9-7-23)17(26)16-5-4-10-29-16/h4-5,10,15H,6-9,11-14H2,1-3H3,(H,22,28)/t15-,21-/m0/s1. The van der Waals surface area contributed by atoms with Crippen molar-refractivity contribution in [2.24, 2.45) is 11.3 Å². The van der Waals surface area contributed by atoms with Gasteiger partial charge in [-0.05, 0) is 42.0 Å². The van der Waals surface area contributed by atoms with Crippen LogP contribution in [0.5, 0.6) is 0 Å². The molecule has 1 saturated carbocycles. The van der Waals surface area contributed by atoms with Gasteiger partial charge in [0.15, 0.2) is 0 Å². The number of amides is 4. The van der Waals surface area contributed by atoms with Gasteiger partial charge in [0, 0.05) is 26.2 Å². The zero-order chi connectivity index (χ0) is 20.8. The zero-order valence-electron chi connectivity index (χ0n) is 17.4. The first-order valence-corrected chi connectivity index (χ1v) is 11.3. The Morgan fingerprint density at radius 3 is 2.55 bits per heavy atom. The third-order valence-electron chi connectivity index (χ3n) is 6.36. The van der Waals surface area contributed by atoms with Crippen LogP contribution in [-0.4, -0.2) is 70.9 Å². The van der Waals surface area contributed by atoms with Gasteiger partial charge < -0.3 is 10.2 Å². The van der Waals surface area contributed by atoms with Crippen molar-refractivity contribution in [3.05, 3.63) is 22.4 Å². The number of rotatable bonds is 3. The van der Waals surface area contributed by atoms with E-state index in [1.807, 2.05) is 22.4 Å². The van der Waals surface area contributed by atoms with Gasteiger partial charge in [0.1, 0.15) is 5.54 Å². The maximum Gasteiger partial charge on any atom is 0.326 e. The Morgan fingerprint density at radius 1 is 1.21 bits per heavy atom. The fourth-order valence-corrected chi connectivity index (χ4v) is 6.17. The molecule has 2 aliphatic heterocycles. The predicted octanol–water partition coefficient (Wildman–Crippen LogP) is 2.60. The van der Waals surface area contributed by atoms with Gasteiger partial charge in [0.05, 0.1) is 11.5 Å².